The summed E-state index contributed by atoms with van der Waals surface area (Å²) in [5.41, 5.74) is 7.31. The Bertz CT molecular complexity index is 416. The second kappa shape index (κ2) is 3.46. The normalized spacial score (nSPS) is 17.7. The molecule has 0 aliphatic heterocycles. The lowest BCUT2D eigenvalue weighted by atomic mass is 10.0. The Balaban J connectivity index is 2.68. The van der Waals surface area contributed by atoms with Crippen LogP contribution >= 0.6 is 15.9 Å². The molecule has 1 fully saturated rings. The minimum atomic E-state index is -0.406. The third kappa shape index (κ3) is 1.66. The predicted molar refractivity (Wildman–Crippen MR) is 60.5 cm³/mol. The van der Waals surface area contributed by atoms with Gasteiger partial charge in [-0.05, 0) is 31.4 Å². The fourth-order valence-corrected chi connectivity index (χ4v) is 2.45. The fraction of sp³-hybridized carbons (Fsp3) is 0.455. The van der Waals surface area contributed by atoms with Crippen LogP contribution in [0.1, 0.15) is 24.0 Å². The zero-order chi connectivity index (χ0) is 11.2. The highest BCUT2D eigenvalue weighted by atomic mass is 79.9. The Morgan fingerprint density at radius 1 is 1.53 bits per heavy atom. The molecule has 1 aliphatic carbocycles. The highest BCUT2D eigenvalue weighted by Crippen LogP contribution is 2.50. The van der Waals surface area contributed by atoms with Crippen LogP contribution in [-0.4, -0.2) is 7.11 Å². The topological polar surface area (TPSA) is 35.2 Å². The molecule has 1 saturated carbocycles. The van der Waals surface area contributed by atoms with Crippen molar-refractivity contribution in [2.24, 2.45) is 5.73 Å². The molecule has 15 heavy (non-hydrogen) atoms. The molecule has 1 aliphatic rings. The molecule has 0 spiro atoms. The summed E-state index contributed by atoms with van der Waals surface area (Å²) in [6.45, 7) is 1.85. The van der Waals surface area contributed by atoms with Crippen LogP contribution in [0.15, 0.2) is 10.5 Å². The van der Waals surface area contributed by atoms with E-state index in [1.165, 1.54) is 13.2 Å². The van der Waals surface area contributed by atoms with Crippen molar-refractivity contribution in [3.8, 4) is 5.75 Å². The third-order valence-electron chi connectivity index (χ3n) is 2.84. The third-order valence-corrected chi connectivity index (χ3v) is 3.87. The molecule has 0 radical (unpaired) electrons. The molecule has 0 amide bonds. The standard InChI is InChI=1S/C11H13BrFNO/c1-6-5-7(13)10(15-2)8(9(6)12)11(14)3-4-11/h5H,3-4,14H2,1-2H3. The van der Waals surface area contributed by atoms with Gasteiger partial charge < -0.3 is 10.5 Å². The summed E-state index contributed by atoms with van der Waals surface area (Å²) in [6.07, 6.45) is 1.76. The van der Waals surface area contributed by atoms with Crippen LogP contribution in [0.25, 0.3) is 0 Å². The van der Waals surface area contributed by atoms with Gasteiger partial charge in [0.05, 0.1) is 7.11 Å². The van der Waals surface area contributed by atoms with Gasteiger partial charge in [-0.25, -0.2) is 4.39 Å². The summed E-state index contributed by atoms with van der Waals surface area (Å²) in [5.74, 6) is -0.0719. The second-order valence-electron chi connectivity index (χ2n) is 4.05. The highest BCUT2D eigenvalue weighted by Gasteiger charge is 2.44. The largest absolute Gasteiger partial charge is 0.493 e. The van der Waals surface area contributed by atoms with Gasteiger partial charge in [-0.15, -0.1) is 0 Å². The number of aryl methyl sites for hydroxylation is 1. The van der Waals surface area contributed by atoms with Crippen LogP contribution < -0.4 is 10.5 Å². The van der Waals surface area contributed by atoms with Gasteiger partial charge in [-0.1, -0.05) is 15.9 Å². The Morgan fingerprint density at radius 3 is 2.60 bits per heavy atom. The molecule has 2 rings (SSSR count). The Hall–Kier alpha value is -0.610. The van der Waals surface area contributed by atoms with Crippen molar-refractivity contribution >= 4 is 15.9 Å². The minimum absolute atomic E-state index is 0.271. The van der Waals surface area contributed by atoms with Gasteiger partial charge in [0.25, 0.3) is 0 Å². The SMILES string of the molecule is COc1c(F)cc(C)c(Br)c1C1(N)CC1. The quantitative estimate of drug-likeness (QED) is 0.900. The van der Waals surface area contributed by atoms with Crippen molar-refractivity contribution in [2.45, 2.75) is 25.3 Å². The monoisotopic (exact) mass is 273 g/mol. The van der Waals surface area contributed by atoms with Gasteiger partial charge in [0, 0.05) is 15.6 Å². The molecule has 4 heteroatoms. The molecule has 1 aromatic rings. The molecule has 1 aromatic carbocycles. The van der Waals surface area contributed by atoms with Crippen molar-refractivity contribution in [1.29, 1.82) is 0 Å². The maximum absolute atomic E-state index is 13.6. The molecule has 0 atom stereocenters. The molecule has 0 bridgehead atoms. The van der Waals surface area contributed by atoms with Crippen LogP contribution in [0, 0.1) is 12.7 Å². The number of benzene rings is 1. The average molecular weight is 274 g/mol. The minimum Gasteiger partial charge on any atom is -0.493 e. The summed E-state index contributed by atoms with van der Waals surface area (Å²) in [4.78, 5) is 0. The first-order valence-electron chi connectivity index (χ1n) is 4.81. The summed E-state index contributed by atoms with van der Waals surface area (Å²) in [7, 11) is 1.47. The van der Waals surface area contributed by atoms with Crippen molar-refractivity contribution in [2.75, 3.05) is 7.11 Å². The van der Waals surface area contributed by atoms with Crippen molar-refractivity contribution in [1.82, 2.24) is 0 Å². The van der Waals surface area contributed by atoms with Crippen LogP contribution in [0.5, 0.6) is 5.75 Å². The van der Waals surface area contributed by atoms with Gasteiger partial charge in [-0.2, -0.15) is 0 Å². The first kappa shape index (κ1) is 10.9. The van der Waals surface area contributed by atoms with E-state index < -0.39 is 5.54 Å². The Labute approximate surface area is 96.7 Å². The van der Waals surface area contributed by atoms with E-state index in [1.54, 1.807) is 0 Å². The Kier molecular flexibility index (Phi) is 2.51. The van der Waals surface area contributed by atoms with E-state index in [9.17, 15) is 4.39 Å². The summed E-state index contributed by atoms with van der Waals surface area (Å²) in [5, 5.41) is 0. The smallest absolute Gasteiger partial charge is 0.165 e. The zero-order valence-corrected chi connectivity index (χ0v) is 10.3. The maximum Gasteiger partial charge on any atom is 0.165 e. The molecule has 82 valence electrons. The van der Waals surface area contributed by atoms with Gasteiger partial charge >= 0.3 is 0 Å². The maximum atomic E-state index is 13.6. The van der Waals surface area contributed by atoms with Crippen molar-refractivity contribution in [3.63, 3.8) is 0 Å². The molecule has 0 saturated heterocycles. The number of ether oxygens (including phenoxy) is 1. The van der Waals surface area contributed by atoms with E-state index in [1.807, 2.05) is 6.92 Å². The van der Waals surface area contributed by atoms with Gasteiger partial charge in [0.2, 0.25) is 0 Å². The second-order valence-corrected chi connectivity index (χ2v) is 4.85. The van der Waals surface area contributed by atoms with Crippen LogP contribution in [-0.2, 0) is 5.54 Å². The van der Waals surface area contributed by atoms with Gasteiger partial charge in [0.1, 0.15) is 0 Å². The van der Waals surface area contributed by atoms with E-state index >= 15 is 0 Å². The lowest BCUT2D eigenvalue weighted by Crippen LogP contribution is -2.21. The van der Waals surface area contributed by atoms with Crippen molar-refractivity contribution in [3.05, 3.63) is 27.5 Å². The first-order valence-corrected chi connectivity index (χ1v) is 5.61. The average Bonchev–Trinajstić information content (AvgIpc) is 2.90. The summed E-state index contributed by atoms with van der Waals surface area (Å²) < 4.78 is 19.6. The summed E-state index contributed by atoms with van der Waals surface area (Å²) >= 11 is 3.46. The molecule has 0 heterocycles. The molecule has 2 nitrogen and oxygen atoms in total. The lowest BCUT2D eigenvalue weighted by Gasteiger charge is -2.18. The molecule has 0 aromatic heterocycles. The first-order chi connectivity index (χ1) is 6.99. The van der Waals surface area contributed by atoms with Gasteiger partial charge in [0.15, 0.2) is 11.6 Å². The number of hydrogen-bond donors (Lipinski definition) is 1. The number of halogens is 2. The van der Waals surface area contributed by atoms with E-state index in [2.05, 4.69) is 15.9 Å². The fourth-order valence-electron chi connectivity index (χ4n) is 1.76. The van der Waals surface area contributed by atoms with Crippen molar-refractivity contribution < 1.29 is 9.13 Å². The Morgan fingerprint density at radius 2 is 2.13 bits per heavy atom. The highest BCUT2D eigenvalue weighted by molar-refractivity contribution is 9.10. The van der Waals surface area contributed by atoms with E-state index in [4.69, 9.17) is 10.5 Å². The molecule has 0 unspecified atom stereocenters. The van der Waals surface area contributed by atoms with E-state index in [0.717, 1.165) is 28.4 Å². The van der Waals surface area contributed by atoms with Crippen LogP contribution in [0.3, 0.4) is 0 Å². The molecular formula is C11H13BrFNO. The summed E-state index contributed by atoms with van der Waals surface area (Å²) in [6, 6.07) is 1.46. The van der Waals surface area contributed by atoms with Crippen LogP contribution in [0.4, 0.5) is 4.39 Å². The van der Waals surface area contributed by atoms with E-state index in [0.29, 0.717) is 0 Å². The van der Waals surface area contributed by atoms with Gasteiger partial charge in [-0.3, -0.25) is 0 Å². The predicted octanol–water partition coefficient (Wildman–Crippen LogP) is 2.85. The van der Waals surface area contributed by atoms with E-state index in [-0.39, 0.29) is 11.6 Å². The molecular weight excluding hydrogens is 261 g/mol. The number of nitrogens with two attached hydrogens (primary N) is 1. The number of hydrogen-bond acceptors (Lipinski definition) is 2. The lowest BCUT2D eigenvalue weighted by molar-refractivity contribution is 0.375. The number of rotatable bonds is 2. The number of methoxy groups -OCH3 is 1. The van der Waals surface area contributed by atoms with Crippen LogP contribution in [0.2, 0.25) is 0 Å². The zero-order valence-electron chi connectivity index (χ0n) is 8.73. The molecule has 2 N–H and O–H groups in total.